The van der Waals surface area contributed by atoms with Crippen molar-refractivity contribution in [3.05, 3.63) is 87.9 Å². The van der Waals surface area contributed by atoms with Crippen LogP contribution in [0.5, 0.6) is 0 Å². The molecule has 2 aromatic carbocycles. The van der Waals surface area contributed by atoms with Crippen molar-refractivity contribution in [2.45, 2.75) is 33.2 Å². The van der Waals surface area contributed by atoms with E-state index < -0.39 is 6.17 Å². The number of hydrogen-bond acceptors (Lipinski definition) is 6. The van der Waals surface area contributed by atoms with Gasteiger partial charge in [-0.2, -0.15) is 0 Å². The van der Waals surface area contributed by atoms with Crippen molar-refractivity contribution < 1.29 is 14.3 Å². The van der Waals surface area contributed by atoms with Crippen LogP contribution in [-0.2, 0) is 22.7 Å². The van der Waals surface area contributed by atoms with E-state index in [0.717, 1.165) is 38.3 Å². The Morgan fingerprint density at radius 2 is 1.91 bits per heavy atom. The SMILES string of the molecule is COCc1cc(C)nc2sc3c(c12)N[C@@H](c1ccc(NC(C)=O)cc1)N(Cc1ccccc1)C3=O. The summed E-state index contributed by atoms with van der Waals surface area (Å²) in [4.78, 5) is 33.4. The summed E-state index contributed by atoms with van der Waals surface area (Å²) in [6.07, 6.45) is -0.393. The zero-order valence-corrected chi connectivity index (χ0v) is 20.6. The number of aromatic nitrogens is 1. The largest absolute Gasteiger partial charge is 0.380 e. The summed E-state index contributed by atoms with van der Waals surface area (Å²) >= 11 is 1.41. The highest BCUT2D eigenvalue weighted by Crippen LogP contribution is 2.44. The Kier molecular flexibility index (Phi) is 6.23. The predicted molar refractivity (Wildman–Crippen MR) is 138 cm³/mol. The molecule has 35 heavy (non-hydrogen) atoms. The molecule has 0 bridgehead atoms. The van der Waals surface area contributed by atoms with Crippen molar-refractivity contribution in [2.24, 2.45) is 0 Å². The van der Waals surface area contributed by atoms with Crippen LogP contribution in [0.15, 0.2) is 60.7 Å². The molecule has 7 nitrogen and oxygen atoms in total. The molecule has 1 aliphatic rings. The van der Waals surface area contributed by atoms with Crippen molar-refractivity contribution in [3.8, 4) is 0 Å². The Labute approximate surface area is 207 Å². The van der Waals surface area contributed by atoms with Gasteiger partial charge >= 0.3 is 0 Å². The van der Waals surface area contributed by atoms with Gasteiger partial charge in [-0.05, 0) is 41.8 Å². The van der Waals surface area contributed by atoms with Crippen LogP contribution >= 0.6 is 11.3 Å². The van der Waals surface area contributed by atoms with Crippen LogP contribution < -0.4 is 10.6 Å². The topological polar surface area (TPSA) is 83.6 Å². The van der Waals surface area contributed by atoms with Gasteiger partial charge in [0.15, 0.2) is 0 Å². The number of hydrogen-bond donors (Lipinski definition) is 2. The van der Waals surface area contributed by atoms with Crippen molar-refractivity contribution in [1.82, 2.24) is 9.88 Å². The third-order valence-electron chi connectivity index (χ3n) is 5.96. The summed E-state index contributed by atoms with van der Waals surface area (Å²) < 4.78 is 5.45. The number of thiophene rings is 1. The minimum atomic E-state index is -0.393. The highest BCUT2D eigenvalue weighted by Gasteiger charge is 2.36. The minimum absolute atomic E-state index is 0.0393. The average Bonchev–Trinajstić information content (AvgIpc) is 3.20. The number of aryl methyl sites for hydroxylation is 1. The van der Waals surface area contributed by atoms with E-state index in [0.29, 0.717) is 23.7 Å². The lowest BCUT2D eigenvalue weighted by atomic mass is 10.0. The van der Waals surface area contributed by atoms with Crippen molar-refractivity contribution in [3.63, 3.8) is 0 Å². The zero-order valence-electron chi connectivity index (χ0n) is 19.8. The number of fused-ring (bicyclic) bond motifs is 3. The van der Waals surface area contributed by atoms with Crippen LogP contribution in [-0.4, -0.2) is 28.8 Å². The van der Waals surface area contributed by atoms with Crippen molar-refractivity contribution in [1.29, 1.82) is 0 Å². The second-order valence-corrected chi connectivity index (χ2v) is 9.61. The van der Waals surface area contributed by atoms with Crippen molar-refractivity contribution in [2.75, 3.05) is 17.7 Å². The number of pyridine rings is 1. The second kappa shape index (κ2) is 9.48. The van der Waals surface area contributed by atoms with Gasteiger partial charge in [0.1, 0.15) is 15.9 Å². The van der Waals surface area contributed by atoms with E-state index in [1.807, 2.05) is 72.5 Å². The summed E-state index contributed by atoms with van der Waals surface area (Å²) in [5.41, 5.74) is 5.37. The number of nitrogens with zero attached hydrogens (tertiary/aromatic N) is 2. The van der Waals surface area contributed by atoms with Crippen LogP contribution in [0.1, 0.15) is 45.1 Å². The molecule has 8 heteroatoms. The molecule has 1 atom stereocenters. The predicted octanol–water partition coefficient (Wildman–Crippen LogP) is 5.48. The molecular formula is C27H26N4O3S. The number of anilines is 2. The number of nitrogens with one attached hydrogen (secondary N) is 2. The van der Waals surface area contributed by atoms with Gasteiger partial charge in [-0.1, -0.05) is 42.5 Å². The summed E-state index contributed by atoms with van der Waals surface area (Å²) in [6, 6.07) is 19.5. The number of amides is 2. The Morgan fingerprint density at radius 3 is 2.60 bits per heavy atom. The molecule has 0 saturated heterocycles. The second-order valence-electron chi connectivity index (χ2n) is 8.61. The molecule has 0 spiro atoms. The lowest BCUT2D eigenvalue weighted by Crippen LogP contribution is -2.41. The zero-order chi connectivity index (χ0) is 24.5. The smallest absolute Gasteiger partial charge is 0.268 e. The molecule has 0 radical (unpaired) electrons. The van der Waals surface area contributed by atoms with Gasteiger partial charge in [-0.25, -0.2) is 4.98 Å². The van der Waals surface area contributed by atoms with Crippen LogP contribution in [0.2, 0.25) is 0 Å². The number of ether oxygens (including phenoxy) is 1. The maximum atomic E-state index is 13.9. The van der Waals surface area contributed by atoms with E-state index in [2.05, 4.69) is 10.6 Å². The number of methoxy groups -OCH3 is 1. The quantitative estimate of drug-likeness (QED) is 0.377. The summed E-state index contributed by atoms with van der Waals surface area (Å²) in [5, 5.41) is 7.38. The van der Waals surface area contributed by atoms with Gasteiger partial charge in [-0.15, -0.1) is 11.3 Å². The fourth-order valence-corrected chi connectivity index (χ4v) is 5.68. The van der Waals surface area contributed by atoms with Crippen LogP contribution in [0.4, 0.5) is 11.4 Å². The molecule has 2 amide bonds. The normalized spacial score (nSPS) is 15.1. The van der Waals surface area contributed by atoms with Gasteiger partial charge < -0.3 is 20.3 Å². The first-order valence-electron chi connectivity index (χ1n) is 11.4. The maximum absolute atomic E-state index is 13.9. The van der Waals surface area contributed by atoms with Gasteiger partial charge in [0.05, 0.1) is 12.3 Å². The molecule has 4 aromatic rings. The fraction of sp³-hybridized carbons (Fsp3) is 0.222. The third kappa shape index (κ3) is 4.50. The molecule has 0 aliphatic carbocycles. The monoisotopic (exact) mass is 486 g/mol. The summed E-state index contributed by atoms with van der Waals surface area (Å²) in [6.45, 7) is 4.32. The molecule has 2 aromatic heterocycles. The molecule has 1 aliphatic heterocycles. The van der Waals surface area contributed by atoms with Gasteiger partial charge in [-0.3, -0.25) is 9.59 Å². The number of benzene rings is 2. The summed E-state index contributed by atoms with van der Waals surface area (Å²) in [5.74, 6) is -0.167. The molecule has 5 rings (SSSR count). The van der Waals surface area contributed by atoms with E-state index in [4.69, 9.17) is 9.72 Å². The Morgan fingerprint density at radius 1 is 1.17 bits per heavy atom. The molecule has 3 heterocycles. The summed E-state index contributed by atoms with van der Waals surface area (Å²) in [7, 11) is 1.67. The van der Waals surface area contributed by atoms with Crippen LogP contribution in [0.3, 0.4) is 0 Å². The van der Waals surface area contributed by atoms with Crippen LogP contribution in [0.25, 0.3) is 10.2 Å². The molecule has 178 valence electrons. The van der Waals surface area contributed by atoms with Gasteiger partial charge in [0.25, 0.3) is 5.91 Å². The van der Waals surface area contributed by atoms with Gasteiger partial charge in [0.2, 0.25) is 5.91 Å². The number of carbonyl (C=O) groups is 2. The Balaban J connectivity index is 1.62. The molecular weight excluding hydrogens is 460 g/mol. The molecule has 2 N–H and O–H groups in total. The maximum Gasteiger partial charge on any atom is 0.268 e. The first kappa shape index (κ1) is 23.0. The standard InChI is InChI=1S/C27H26N4O3S/c1-16-13-20(15-34-3)22-23-24(35-26(22)28-16)27(33)31(14-18-7-5-4-6-8-18)25(30-23)19-9-11-21(12-10-19)29-17(2)32/h4-13,25,30H,14-15H2,1-3H3,(H,29,32)/t25-/m1/s1. The fourth-order valence-electron chi connectivity index (χ4n) is 4.49. The van der Waals surface area contributed by atoms with E-state index in [9.17, 15) is 9.59 Å². The van der Waals surface area contributed by atoms with Gasteiger partial charge in [0, 0.05) is 37.3 Å². The van der Waals surface area contributed by atoms with E-state index in [-0.39, 0.29) is 11.8 Å². The highest BCUT2D eigenvalue weighted by atomic mass is 32.1. The average molecular weight is 487 g/mol. The first-order chi connectivity index (χ1) is 16.9. The Bertz CT molecular complexity index is 1400. The van der Waals surface area contributed by atoms with Crippen LogP contribution in [0, 0.1) is 6.92 Å². The minimum Gasteiger partial charge on any atom is -0.380 e. The molecule has 0 saturated carbocycles. The lowest BCUT2D eigenvalue weighted by Gasteiger charge is -2.37. The van der Waals surface area contributed by atoms with E-state index >= 15 is 0 Å². The Hall–Kier alpha value is -3.75. The lowest BCUT2D eigenvalue weighted by molar-refractivity contribution is -0.114. The van der Waals surface area contributed by atoms with E-state index in [1.165, 1.54) is 18.3 Å². The van der Waals surface area contributed by atoms with E-state index in [1.54, 1.807) is 7.11 Å². The third-order valence-corrected chi connectivity index (χ3v) is 7.03. The first-order valence-corrected chi connectivity index (χ1v) is 12.2. The van der Waals surface area contributed by atoms with Crippen molar-refractivity contribution >= 4 is 44.7 Å². The highest BCUT2D eigenvalue weighted by molar-refractivity contribution is 7.21. The number of rotatable bonds is 6. The number of carbonyl (C=O) groups excluding carboxylic acids is 2. The molecule has 0 fully saturated rings. The molecule has 0 unspecified atom stereocenters.